The summed E-state index contributed by atoms with van der Waals surface area (Å²) in [5, 5.41) is 0. The van der Waals surface area contributed by atoms with Gasteiger partial charge in [-0.1, -0.05) is 0 Å². The van der Waals surface area contributed by atoms with E-state index in [9.17, 15) is 22.8 Å². The Bertz CT molecular complexity index is 326. The topological polar surface area (TPSA) is 61.8 Å². The Morgan fingerprint density at radius 2 is 2.06 bits per heavy atom. The molecule has 0 aromatic carbocycles. The van der Waals surface area contributed by atoms with E-state index in [-0.39, 0.29) is 19.0 Å². The zero-order valence-corrected chi connectivity index (χ0v) is 7.82. The average molecular weight is 240 g/mol. The van der Waals surface area contributed by atoms with E-state index in [1.807, 2.05) is 0 Å². The minimum absolute atomic E-state index is 0.227. The normalized spacial score (nSPS) is 33.9. The molecule has 0 aromatic rings. The highest BCUT2D eigenvalue weighted by Crippen LogP contribution is 2.28. The van der Waals surface area contributed by atoms with Crippen LogP contribution in [0.1, 0.15) is 0 Å². The SMILES string of the molecule is O=C1CO[C@H]2[C@@H]1OC[C@H]2OC(=O)C(F)(F)F. The minimum atomic E-state index is -5.05. The van der Waals surface area contributed by atoms with E-state index in [1.54, 1.807) is 0 Å². The number of esters is 1. The zero-order chi connectivity index (χ0) is 11.9. The summed E-state index contributed by atoms with van der Waals surface area (Å²) in [7, 11) is 0. The highest BCUT2D eigenvalue weighted by molar-refractivity contribution is 5.87. The number of carbonyl (C=O) groups is 2. The highest BCUT2D eigenvalue weighted by Gasteiger charge is 2.51. The van der Waals surface area contributed by atoms with Crippen molar-refractivity contribution in [3.8, 4) is 0 Å². The predicted octanol–water partition coefficient (Wildman–Crippen LogP) is -0.173. The maximum Gasteiger partial charge on any atom is 0.490 e. The number of hydrogen-bond acceptors (Lipinski definition) is 5. The van der Waals surface area contributed by atoms with E-state index in [2.05, 4.69) is 4.74 Å². The van der Waals surface area contributed by atoms with E-state index in [4.69, 9.17) is 9.47 Å². The number of halogens is 3. The summed E-state index contributed by atoms with van der Waals surface area (Å²) in [5.74, 6) is -2.65. The van der Waals surface area contributed by atoms with E-state index in [1.165, 1.54) is 0 Å². The molecule has 16 heavy (non-hydrogen) atoms. The van der Waals surface area contributed by atoms with Gasteiger partial charge in [0.15, 0.2) is 11.9 Å². The molecule has 3 atom stereocenters. The van der Waals surface area contributed by atoms with Crippen molar-refractivity contribution in [2.45, 2.75) is 24.5 Å². The smallest absolute Gasteiger partial charge is 0.450 e. The quantitative estimate of drug-likeness (QED) is 0.595. The summed E-state index contributed by atoms with van der Waals surface area (Å²) < 4.78 is 49.7. The Morgan fingerprint density at radius 3 is 2.69 bits per heavy atom. The Balaban J connectivity index is 1.98. The van der Waals surface area contributed by atoms with Crippen LogP contribution < -0.4 is 0 Å². The van der Waals surface area contributed by atoms with Crippen molar-refractivity contribution in [2.75, 3.05) is 13.2 Å². The van der Waals surface area contributed by atoms with Crippen molar-refractivity contribution in [3.63, 3.8) is 0 Å². The van der Waals surface area contributed by atoms with Crippen molar-refractivity contribution >= 4 is 11.8 Å². The summed E-state index contributed by atoms with van der Waals surface area (Å²) in [6.07, 6.45) is -8.06. The van der Waals surface area contributed by atoms with Gasteiger partial charge in [0.1, 0.15) is 18.8 Å². The lowest BCUT2D eigenvalue weighted by atomic mass is 10.1. The molecule has 0 spiro atoms. The second-order valence-electron chi connectivity index (χ2n) is 3.44. The fraction of sp³-hybridized carbons (Fsp3) is 0.750. The van der Waals surface area contributed by atoms with Crippen LogP contribution in [-0.4, -0.2) is 49.5 Å². The average Bonchev–Trinajstić information content (AvgIpc) is 2.70. The van der Waals surface area contributed by atoms with E-state index in [0.717, 1.165) is 0 Å². The maximum absolute atomic E-state index is 11.9. The van der Waals surface area contributed by atoms with Crippen LogP contribution in [0.15, 0.2) is 0 Å². The molecule has 0 aliphatic carbocycles. The molecule has 2 aliphatic rings. The first kappa shape index (κ1) is 11.3. The van der Waals surface area contributed by atoms with Crippen LogP contribution in [0.3, 0.4) is 0 Å². The van der Waals surface area contributed by atoms with Gasteiger partial charge >= 0.3 is 12.1 Å². The third kappa shape index (κ3) is 1.90. The summed E-state index contributed by atoms with van der Waals surface area (Å²) in [6.45, 7) is -0.488. The van der Waals surface area contributed by atoms with Crippen molar-refractivity contribution in [3.05, 3.63) is 0 Å². The van der Waals surface area contributed by atoms with Crippen molar-refractivity contribution in [1.82, 2.24) is 0 Å². The molecule has 2 fully saturated rings. The largest absolute Gasteiger partial charge is 0.490 e. The van der Waals surface area contributed by atoms with Gasteiger partial charge in [-0.3, -0.25) is 4.79 Å². The third-order valence-corrected chi connectivity index (χ3v) is 2.33. The summed E-state index contributed by atoms with van der Waals surface area (Å²) in [4.78, 5) is 21.6. The minimum Gasteiger partial charge on any atom is -0.450 e. The van der Waals surface area contributed by atoms with Crippen LogP contribution in [0.5, 0.6) is 0 Å². The Labute approximate surface area is 87.4 Å². The fourth-order valence-electron chi connectivity index (χ4n) is 1.62. The Morgan fingerprint density at radius 1 is 1.38 bits per heavy atom. The van der Waals surface area contributed by atoms with Gasteiger partial charge < -0.3 is 14.2 Å². The first-order valence-corrected chi connectivity index (χ1v) is 4.43. The van der Waals surface area contributed by atoms with Gasteiger partial charge in [0.2, 0.25) is 0 Å². The second-order valence-corrected chi connectivity index (χ2v) is 3.44. The van der Waals surface area contributed by atoms with Crippen molar-refractivity contribution < 1.29 is 37.0 Å². The molecule has 2 rings (SSSR count). The zero-order valence-electron chi connectivity index (χ0n) is 7.82. The van der Waals surface area contributed by atoms with Crippen LogP contribution in [0, 0.1) is 0 Å². The molecule has 2 saturated heterocycles. The number of fused-ring (bicyclic) bond motifs is 1. The van der Waals surface area contributed by atoms with E-state index < -0.39 is 30.5 Å². The van der Waals surface area contributed by atoms with Crippen LogP contribution in [0.2, 0.25) is 0 Å². The van der Waals surface area contributed by atoms with Gasteiger partial charge in [-0.2, -0.15) is 13.2 Å². The molecule has 0 radical (unpaired) electrons. The number of alkyl halides is 3. The second kappa shape index (κ2) is 3.70. The van der Waals surface area contributed by atoms with Gasteiger partial charge in [-0.15, -0.1) is 0 Å². The van der Waals surface area contributed by atoms with E-state index >= 15 is 0 Å². The van der Waals surface area contributed by atoms with Gasteiger partial charge in [-0.05, 0) is 0 Å². The van der Waals surface area contributed by atoms with Crippen molar-refractivity contribution in [1.29, 1.82) is 0 Å². The summed E-state index contributed by atoms with van der Waals surface area (Å²) in [6, 6.07) is 0. The number of ether oxygens (including phenoxy) is 3. The molecule has 0 saturated carbocycles. The third-order valence-electron chi connectivity index (χ3n) is 2.33. The summed E-state index contributed by atoms with van der Waals surface area (Å²) in [5.41, 5.74) is 0. The van der Waals surface area contributed by atoms with Crippen LogP contribution in [0.4, 0.5) is 13.2 Å². The first-order chi connectivity index (χ1) is 7.39. The molecule has 2 aliphatic heterocycles. The highest BCUT2D eigenvalue weighted by atomic mass is 19.4. The molecular formula is C8H7F3O5. The molecule has 8 heteroatoms. The number of Topliss-reactive ketones (excluding diaryl/α,β-unsaturated/α-hetero) is 1. The monoisotopic (exact) mass is 240 g/mol. The van der Waals surface area contributed by atoms with Gasteiger partial charge in [0, 0.05) is 0 Å². The molecular weight excluding hydrogens is 233 g/mol. The standard InChI is InChI=1S/C8H7F3O5/c9-8(10,11)7(13)16-4-2-15-5-3(12)1-14-6(4)5/h4-6H,1-2H2/t4-,5-,6-/m1/s1. The molecule has 0 unspecified atom stereocenters. The van der Waals surface area contributed by atoms with Crippen LogP contribution in [0.25, 0.3) is 0 Å². The summed E-state index contributed by atoms with van der Waals surface area (Å²) >= 11 is 0. The lowest BCUT2D eigenvalue weighted by Crippen LogP contribution is -2.37. The lowest BCUT2D eigenvalue weighted by Gasteiger charge is -2.16. The van der Waals surface area contributed by atoms with Crippen LogP contribution in [-0.2, 0) is 23.8 Å². The maximum atomic E-state index is 11.9. The fourth-order valence-corrected chi connectivity index (χ4v) is 1.62. The van der Waals surface area contributed by atoms with E-state index in [0.29, 0.717) is 0 Å². The number of carbonyl (C=O) groups excluding carboxylic acids is 2. The van der Waals surface area contributed by atoms with Crippen molar-refractivity contribution in [2.24, 2.45) is 0 Å². The Hall–Kier alpha value is -1.15. The Kier molecular flexibility index (Phi) is 2.62. The molecule has 2 heterocycles. The van der Waals surface area contributed by atoms with Gasteiger partial charge in [0.05, 0.1) is 6.61 Å². The number of ketones is 1. The number of hydrogen-bond donors (Lipinski definition) is 0. The molecule has 0 aromatic heterocycles. The van der Waals surface area contributed by atoms with Crippen LogP contribution >= 0.6 is 0 Å². The molecule has 5 nitrogen and oxygen atoms in total. The molecule has 90 valence electrons. The number of rotatable bonds is 1. The predicted molar refractivity (Wildman–Crippen MR) is 40.4 cm³/mol. The van der Waals surface area contributed by atoms with Gasteiger partial charge in [0.25, 0.3) is 0 Å². The lowest BCUT2D eigenvalue weighted by molar-refractivity contribution is -0.208. The molecule has 0 N–H and O–H groups in total. The van der Waals surface area contributed by atoms with Gasteiger partial charge in [-0.25, -0.2) is 4.79 Å². The first-order valence-electron chi connectivity index (χ1n) is 4.43. The molecule has 0 amide bonds. The molecule has 0 bridgehead atoms.